The van der Waals surface area contributed by atoms with Crippen LogP contribution in [-0.4, -0.2) is 65.8 Å². The summed E-state index contributed by atoms with van der Waals surface area (Å²) in [6.07, 6.45) is -1.57. The van der Waals surface area contributed by atoms with Gasteiger partial charge in [-0.15, -0.1) is 0 Å². The fourth-order valence-corrected chi connectivity index (χ4v) is 2.11. The third kappa shape index (κ3) is 5.55. The number of nitrogens with two attached hydrogens (primary N) is 1. The summed E-state index contributed by atoms with van der Waals surface area (Å²) in [5.41, 5.74) is 4.56. The molecule has 2 heterocycles. The van der Waals surface area contributed by atoms with Crippen molar-refractivity contribution >= 4 is 18.1 Å². The van der Waals surface area contributed by atoms with E-state index in [1.54, 1.807) is 16.7 Å². The first-order valence-corrected chi connectivity index (χ1v) is 7.60. The summed E-state index contributed by atoms with van der Waals surface area (Å²) in [5.74, 6) is -0.0207. The molecule has 2 N–H and O–H groups in total. The van der Waals surface area contributed by atoms with Crippen molar-refractivity contribution in [2.24, 2.45) is 10.9 Å². The molecule has 8 nitrogen and oxygen atoms in total. The number of halogens is 3. The van der Waals surface area contributed by atoms with Crippen LogP contribution in [0.2, 0.25) is 0 Å². The lowest BCUT2D eigenvalue weighted by atomic mass is 10.3. The minimum absolute atomic E-state index is 0.194. The van der Waals surface area contributed by atoms with Crippen molar-refractivity contribution in [1.29, 1.82) is 0 Å². The first kappa shape index (κ1) is 18.9. The van der Waals surface area contributed by atoms with E-state index in [1.807, 2.05) is 0 Å². The van der Waals surface area contributed by atoms with Crippen molar-refractivity contribution < 1.29 is 22.8 Å². The summed E-state index contributed by atoms with van der Waals surface area (Å²) in [5, 5.41) is 3.58. The first-order chi connectivity index (χ1) is 11.8. The van der Waals surface area contributed by atoms with E-state index in [9.17, 15) is 18.0 Å². The lowest BCUT2D eigenvalue weighted by molar-refractivity contribution is -0.138. The van der Waals surface area contributed by atoms with Gasteiger partial charge in [-0.3, -0.25) is 4.79 Å². The molecule has 0 aromatic carbocycles. The summed E-state index contributed by atoms with van der Waals surface area (Å²) in [4.78, 5) is 27.6. The molecule has 0 bridgehead atoms. The molecule has 138 valence electrons. The zero-order chi connectivity index (χ0) is 18.4. The topological polar surface area (TPSA) is 96.9 Å². The predicted octanol–water partition coefficient (Wildman–Crippen LogP) is 0.494. The van der Waals surface area contributed by atoms with Gasteiger partial charge in [-0.05, 0) is 6.92 Å². The summed E-state index contributed by atoms with van der Waals surface area (Å²) >= 11 is 0. The van der Waals surface area contributed by atoms with E-state index in [2.05, 4.69) is 15.1 Å². The van der Waals surface area contributed by atoms with Gasteiger partial charge in [-0.25, -0.2) is 9.97 Å². The average Bonchev–Trinajstić information content (AvgIpc) is 2.58. The van der Waals surface area contributed by atoms with E-state index in [0.717, 1.165) is 12.4 Å². The minimum Gasteiger partial charge on any atom is -0.386 e. The normalized spacial score (nSPS) is 17.0. The van der Waals surface area contributed by atoms with Crippen LogP contribution in [0.3, 0.4) is 0 Å². The van der Waals surface area contributed by atoms with Crippen LogP contribution >= 0.6 is 0 Å². The number of hydrogen-bond donors (Lipinski definition) is 1. The Hall–Kier alpha value is -2.43. The van der Waals surface area contributed by atoms with E-state index in [4.69, 9.17) is 10.6 Å². The van der Waals surface area contributed by atoms with E-state index < -0.39 is 11.7 Å². The number of amides is 1. The molecule has 2 rings (SSSR count). The van der Waals surface area contributed by atoms with Crippen molar-refractivity contribution in [2.45, 2.75) is 19.1 Å². The van der Waals surface area contributed by atoms with Crippen LogP contribution in [-0.2, 0) is 15.8 Å². The Kier molecular flexibility index (Phi) is 6.12. The Morgan fingerprint density at radius 1 is 1.36 bits per heavy atom. The number of carbonyl (C=O) groups excluding carboxylic acids is 1. The Labute approximate surface area is 142 Å². The van der Waals surface area contributed by atoms with Crippen LogP contribution in [0, 0.1) is 0 Å². The molecule has 0 spiro atoms. The molecule has 1 saturated heterocycles. The van der Waals surface area contributed by atoms with Gasteiger partial charge in [0.05, 0.1) is 11.8 Å². The maximum atomic E-state index is 12.5. The monoisotopic (exact) mass is 360 g/mol. The molecule has 1 unspecified atom stereocenters. The van der Waals surface area contributed by atoms with Gasteiger partial charge in [0.1, 0.15) is 0 Å². The molecule has 0 aliphatic carbocycles. The Morgan fingerprint density at radius 3 is 2.48 bits per heavy atom. The predicted molar refractivity (Wildman–Crippen MR) is 83.9 cm³/mol. The number of oxime groups is 1. The molecule has 0 radical (unpaired) electrons. The lowest BCUT2D eigenvalue weighted by Crippen LogP contribution is -2.50. The van der Waals surface area contributed by atoms with Crippen LogP contribution < -0.4 is 10.6 Å². The van der Waals surface area contributed by atoms with Crippen LogP contribution in [0.1, 0.15) is 12.5 Å². The Balaban J connectivity index is 1.82. The molecular weight excluding hydrogens is 341 g/mol. The highest BCUT2D eigenvalue weighted by Gasteiger charge is 2.32. The molecule has 0 saturated carbocycles. The van der Waals surface area contributed by atoms with Gasteiger partial charge in [0.2, 0.25) is 5.95 Å². The third-order valence-electron chi connectivity index (χ3n) is 3.44. The van der Waals surface area contributed by atoms with Gasteiger partial charge in [-0.1, -0.05) is 5.16 Å². The number of nitrogens with zero attached hydrogens (tertiary/aromatic N) is 5. The molecule has 1 aromatic rings. The highest BCUT2D eigenvalue weighted by Crippen LogP contribution is 2.28. The second-order valence-electron chi connectivity index (χ2n) is 5.52. The Morgan fingerprint density at radius 2 is 1.96 bits per heavy atom. The molecule has 1 amide bonds. The first-order valence-electron chi connectivity index (χ1n) is 7.60. The van der Waals surface area contributed by atoms with Gasteiger partial charge >= 0.3 is 6.18 Å². The quantitative estimate of drug-likeness (QED) is 0.606. The fraction of sp³-hybridized carbons (Fsp3) is 0.571. The highest BCUT2D eigenvalue weighted by molar-refractivity contribution is 5.77. The molecule has 1 aromatic heterocycles. The lowest BCUT2D eigenvalue weighted by Gasteiger charge is -2.34. The van der Waals surface area contributed by atoms with Crippen molar-refractivity contribution in [3.63, 3.8) is 0 Å². The fourth-order valence-electron chi connectivity index (χ4n) is 2.11. The van der Waals surface area contributed by atoms with Crippen LogP contribution in [0.25, 0.3) is 0 Å². The molecule has 1 aliphatic rings. The number of hydrogen-bond acceptors (Lipinski definition) is 7. The number of alkyl halides is 3. The maximum Gasteiger partial charge on any atom is 0.419 e. The van der Waals surface area contributed by atoms with E-state index in [-0.39, 0.29) is 24.5 Å². The van der Waals surface area contributed by atoms with Gasteiger partial charge < -0.3 is 20.4 Å². The molecular formula is C14H19F3N6O2. The SMILES string of the molecule is CC(N)/C=N/OCC(=O)N1CCN(c2ncc(C(F)(F)F)cn2)CC1. The largest absolute Gasteiger partial charge is 0.419 e. The Bertz CT molecular complexity index is 598. The summed E-state index contributed by atoms with van der Waals surface area (Å²) < 4.78 is 37.5. The van der Waals surface area contributed by atoms with Crippen molar-refractivity contribution in [2.75, 3.05) is 37.7 Å². The number of anilines is 1. The molecule has 1 atom stereocenters. The van der Waals surface area contributed by atoms with E-state index in [0.29, 0.717) is 26.2 Å². The second-order valence-corrected chi connectivity index (χ2v) is 5.52. The van der Waals surface area contributed by atoms with Gasteiger partial charge in [0.15, 0.2) is 6.61 Å². The van der Waals surface area contributed by atoms with Crippen LogP contribution in [0.15, 0.2) is 17.5 Å². The van der Waals surface area contributed by atoms with Crippen LogP contribution in [0.4, 0.5) is 19.1 Å². The number of aromatic nitrogens is 2. The average molecular weight is 360 g/mol. The number of piperazine rings is 1. The van der Waals surface area contributed by atoms with Crippen molar-refractivity contribution in [3.8, 4) is 0 Å². The number of rotatable bonds is 5. The zero-order valence-electron chi connectivity index (χ0n) is 13.6. The summed E-state index contributed by atoms with van der Waals surface area (Å²) in [7, 11) is 0. The molecule has 25 heavy (non-hydrogen) atoms. The highest BCUT2D eigenvalue weighted by atomic mass is 19.4. The third-order valence-corrected chi connectivity index (χ3v) is 3.44. The summed E-state index contributed by atoms with van der Waals surface area (Å²) in [6, 6.07) is -0.262. The smallest absolute Gasteiger partial charge is 0.386 e. The van der Waals surface area contributed by atoms with Crippen molar-refractivity contribution in [3.05, 3.63) is 18.0 Å². The van der Waals surface area contributed by atoms with Gasteiger partial charge in [0.25, 0.3) is 5.91 Å². The zero-order valence-corrected chi connectivity index (χ0v) is 13.6. The van der Waals surface area contributed by atoms with E-state index in [1.165, 1.54) is 6.21 Å². The second kappa shape index (κ2) is 8.10. The maximum absolute atomic E-state index is 12.5. The van der Waals surface area contributed by atoms with Gasteiger partial charge in [0, 0.05) is 44.6 Å². The molecule has 11 heteroatoms. The van der Waals surface area contributed by atoms with E-state index >= 15 is 0 Å². The molecule has 1 aliphatic heterocycles. The number of carbonyl (C=O) groups is 1. The minimum atomic E-state index is -4.46. The molecule has 1 fully saturated rings. The van der Waals surface area contributed by atoms with Crippen molar-refractivity contribution in [1.82, 2.24) is 14.9 Å². The van der Waals surface area contributed by atoms with Gasteiger partial charge in [-0.2, -0.15) is 13.2 Å². The van der Waals surface area contributed by atoms with Crippen LogP contribution in [0.5, 0.6) is 0 Å². The summed E-state index contributed by atoms with van der Waals surface area (Å²) in [6.45, 7) is 3.14. The standard InChI is InChI=1S/C14H19F3N6O2/c1-10(18)6-21-25-9-12(24)22-2-4-23(5-3-22)13-19-7-11(8-20-13)14(15,16)17/h6-8,10H,2-5,9,18H2,1H3/b21-6+.